The van der Waals surface area contributed by atoms with Crippen LogP contribution in [0.1, 0.15) is 26.2 Å². The van der Waals surface area contributed by atoms with Gasteiger partial charge in [-0.1, -0.05) is 6.92 Å². The van der Waals surface area contributed by atoms with E-state index in [1.807, 2.05) is 12.1 Å². The first kappa shape index (κ1) is 18.6. The van der Waals surface area contributed by atoms with E-state index in [9.17, 15) is 4.79 Å². The van der Waals surface area contributed by atoms with Crippen molar-refractivity contribution in [2.45, 2.75) is 32.2 Å². The quantitative estimate of drug-likeness (QED) is 0.728. The summed E-state index contributed by atoms with van der Waals surface area (Å²) >= 11 is 0. The normalized spacial score (nSPS) is 14.6. The Labute approximate surface area is 138 Å². The molecule has 1 amide bonds. The van der Waals surface area contributed by atoms with E-state index in [0.29, 0.717) is 24.8 Å². The second kappa shape index (κ2) is 9.54. The summed E-state index contributed by atoms with van der Waals surface area (Å²) in [5.41, 5.74) is 5.66. The molecule has 0 spiro atoms. The molecule has 0 saturated heterocycles. The Kier molecular flexibility index (Phi) is 8.06. The van der Waals surface area contributed by atoms with Crippen molar-refractivity contribution in [3.63, 3.8) is 0 Å². The molecule has 1 aliphatic carbocycles. The molecule has 6 heteroatoms. The lowest BCUT2D eigenvalue weighted by Crippen LogP contribution is -2.43. The number of nitrogens with one attached hydrogen (secondary N) is 1. The second-order valence-corrected chi connectivity index (χ2v) is 5.36. The predicted octanol–water partition coefficient (Wildman–Crippen LogP) is 2.13. The lowest BCUT2D eigenvalue weighted by atomic mass is 10.2. The molecule has 0 radical (unpaired) electrons. The van der Waals surface area contributed by atoms with Crippen molar-refractivity contribution in [2.24, 2.45) is 11.7 Å². The Bertz CT molecular complexity index is 449. The summed E-state index contributed by atoms with van der Waals surface area (Å²) in [6, 6.07) is 7.39. The Morgan fingerprint density at radius 2 is 1.86 bits per heavy atom. The third kappa shape index (κ3) is 6.12. The maximum atomic E-state index is 11.8. The number of benzene rings is 1. The van der Waals surface area contributed by atoms with Gasteiger partial charge in [0, 0.05) is 12.6 Å². The Morgan fingerprint density at radius 3 is 2.36 bits per heavy atom. The summed E-state index contributed by atoms with van der Waals surface area (Å²) in [7, 11) is 0. The highest BCUT2D eigenvalue weighted by Crippen LogP contribution is 2.32. The van der Waals surface area contributed by atoms with Crippen LogP contribution in [0.25, 0.3) is 0 Å². The smallest absolute Gasteiger partial charge is 0.258 e. The average Bonchev–Trinajstić information content (AvgIpc) is 3.34. The topological polar surface area (TPSA) is 73.6 Å². The van der Waals surface area contributed by atoms with Crippen LogP contribution >= 0.6 is 12.4 Å². The third-order valence-corrected chi connectivity index (χ3v) is 3.46. The molecule has 0 bridgehead atoms. The van der Waals surface area contributed by atoms with E-state index < -0.39 is 0 Å². The van der Waals surface area contributed by atoms with Gasteiger partial charge in [0.15, 0.2) is 6.61 Å². The summed E-state index contributed by atoms with van der Waals surface area (Å²) in [5, 5.41) is 2.92. The monoisotopic (exact) mass is 328 g/mol. The van der Waals surface area contributed by atoms with Gasteiger partial charge in [0.1, 0.15) is 11.5 Å². The maximum Gasteiger partial charge on any atom is 0.258 e. The number of hydrogen-bond donors (Lipinski definition) is 2. The van der Waals surface area contributed by atoms with E-state index in [0.717, 1.165) is 25.0 Å². The fourth-order valence-corrected chi connectivity index (χ4v) is 2.12. The van der Waals surface area contributed by atoms with E-state index in [1.54, 1.807) is 12.1 Å². The van der Waals surface area contributed by atoms with Gasteiger partial charge in [-0.15, -0.1) is 12.4 Å². The van der Waals surface area contributed by atoms with Crippen molar-refractivity contribution >= 4 is 18.3 Å². The zero-order valence-corrected chi connectivity index (χ0v) is 13.7. The van der Waals surface area contributed by atoms with E-state index in [4.69, 9.17) is 15.2 Å². The maximum absolute atomic E-state index is 11.8. The van der Waals surface area contributed by atoms with Gasteiger partial charge in [-0.25, -0.2) is 0 Å². The molecule has 22 heavy (non-hydrogen) atoms. The van der Waals surface area contributed by atoms with Crippen LogP contribution in [-0.4, -0.2) is 31.7 Å². The van der Waals surface area contributed by atoms with Gasteiger partial charge in [0.05, 0.1) is 6.61 Å². The van der Waals surface area contributed by atoms with Crippen LogP contribution in [-0.2, 0) is 4.79 Å². The number of hydrogen-bond acceptors (Lipinski definition) is 4. The van der Waals surface area contributed by atoms with Crippen LogP contribution in [0.15, 0.2) is 24.3 Å². The molecule has 2 rings (SSSR count). The number of carbonyl (C=O) groups excluding carboxylic acids is 1. The van der Waals surface area contributed by atoms with Crippen LogP contribution in [0.3, 0.4) is 0 Å². The van der Waals surface area contributed by atoms with Crippen molar-refractivity contribution in [3.05, 3.63) is 24.3 Å². The van der Waals surface area contributed by atoms with Crippen molar-refractivity contribution in [1.29, 1.82) is 0 Å². The van der Waals surface area contributed by atoms with E-state index in [-0.39, 0.29) is 31.0 Å². The first-order chi connectivity index (χ1) is 10.2. The largest absolute Gasteiger partial charge is 0.494 e. The standard InChI is InChI=1S/C16H24N2O3.ClH/c1-2-9-20-13-5-7-14(8-6-13)21-11-16(19)18-15(10-17)12-3-4-12;/h5-8,12,15H,2-4,9-11,17H2,1H3,(H,18,19);1H. The van der Waals surface area contributed by atoms with Gasteiger partial charge in [-0.3, -0.25) is 4.79 Å². The zero-order chi connectivity index (χ0) is 15.1. The fraction of sp³-hybridized carbons (Fsp3) is 0.562. The molecule has 1 atom stereocenters. The van der Waals surface area contributed by atoms with Crippen LogP contribution in [0.2, 0.25) is 0 Å². The van der Waals surface area contributed by atoms with Crippen molar-refractivity contribution in [1.82, 2.24) is 5.32 Å². The fourth-order valence-electron chi connectivity index (χ4n) is 2.12. The highest BCUT2D eigenvalue weighted by molar-refractivity contribution is 5.85. The van der Waals surface area contributed by atoms with Gasteiger partial charge in [0.25, 0.3) is 5.91 Å². The molecule has 1 saturated carbocycles. The minimum Gasteiger partial charge on any atom is -0.494 e. The van der Waals surface area contributed by atoms with Gasteiger partial charge in [-0.2, -0.15) is 0 Å². The first-order valence-electron chi connectivity index (χ1n) is 7.58. The average molecular weight is 329 g/mol. The second-order valence-electron chi connectivity index (χ2n) is 5.36. The summed E-state index contributed by atoms with van der Waals surface area (Å²) in [4.78, 5) is 11.8. The molecule has 0 aliphatic heterocycles. The molecule has 1 aromatic rings. The van der Waals surface area contributed by atoms with E-state index in [2.05, 4.69) is 12.2 Å². The van der Waals surface area contributed by atoms with Crippen LogP contribution in [0.5, 0.6) is 11.5 Å². The molecule has 1 aliphatic rings. The Balaban J connectivity index is 0.00000242. The van der Waals surface area contributed by atoms with Crippen molar-refractivity contribution < 1.29 is 14.3 Å². The molecule has 3 N–H and O–H groups in total. The summed E-state index contributed by atoms with van der Waals surface area (Å²) in [6.45, 7) is 3.26. The summed E-state index contributed by atoms with van der Waals surface area (Å²) < 4.78 is 11.0. The third-order valence-electron chi connectivity index (χ3n) is 3.46. The molecule has 0 heterocycles. The van der Waals surface area contributed by atoms with Crippen molar-refractivity contribution in [3.8, 4) is 11.5 Å². The van der Waals surface area contributed by atoms with Crippen molar-refractivity contribution in [2.75, 3.05) is 19.8 Å². The highest BCUT2D eigenvalue weighted by Gasteiger charge is 2.31. The van der Waals surface area contributed by atoms with Crippen LogP contribution in [0.4, 0.5) is 0 Å². The minimum absolute atomic E-state index is 0. The number of amides is 1. The molecule has 5 nitrogen and oxygen atoms in total. The van der Waals surface area contributed by atoms with E-state index >= 15 is 0 Å². The van der Waals surface area contributed by atoms with Gasteiger partial charge < -0.3 is 20.5 Å². The zero-order valence-electron chi connectivity index (χ0n) is 12.9. The molecular formula is C16H25ClN2O3. The molecule has 1 fully saturated rings. The first-order valence-corrected chi connectivity index (χ1v) is 7.58. The van der Waals surface area contributed by atoms with Gasteiger partial charge >= 0.3 is 0 Å². The number of rotatable bonds is 9. The highest BCUT2D eigenvalue weighted by atomic mass is 35.5. The number of carbonyl (C=O) groups is 1. The van der Waals surface area contributed by atoms with Crippen LogP contribution < -0.4 is 20.5 Å². The SMILES string of the molecule is CCCOc1ccc(OCC(=O)NC(CN)C2CC2)cc1.Cl. The number of ether oxygens (including phenoxy) is 2. The molecule has 1 unspecified atom stereocenters. The number of halogens is 1. The van der Waals surface area contributed by atoms with Crippen LogP contribution in [0, 0.1) is 5.92 Å². The minimum atomic E-state index is -0.122. The predicted molar refractivity (Wildman–Crippen MR) is 88.7 cm³/mol. The summed E-state index contributed by atoms with van der Waals surface area (Å²) in [6.07, 6.45) is 3.28. The molecule has 0 aromatic heterocycles. The Hall–Kier alpha value is -1.46. The van der Waals surface area contributed by atoms with Gasteiger partial charge in [-0.05, 0) is 49.4 Å². The lowest BCUT2D eigenvalue weighted by Gasteiger charge is -2.16. The van der Waals surface area contributed by atoms with Gasteiger partial charge in [0.2, 0.25) is 0 Å². The Morgan fingerprint density at radius 1 is 1.27 bits per heavy atom. The molecule has 1 aromatic carbocycles. The van der Waals surface area contributed by atoms with E-state index in [1.165, 1.54) is 0 Å². The lowest BCUT2D eigenvalue weighted by molar-refractivity contribution is -0.123. The molecular weight excluding hydrogens is 304 g/mol. The molecule has 124 valence electrons. The number of nitrogens with two attached hydrogens (primary N) is 1. The summed E-state index contributed by atoms with van der Waals surface area (Å²) in [5.74, 6) is 1.90.